The van der Waals surface area contributed by atoms with Crippen molar-refractivity contribution in [2.75, 3.05) is 31.1 Å². The molecule has 1 fully saturated rings. The van der Waals surface area contributed by atoms with Crippen LogP contribution < -0.4 is 9.64 Å². The number of carbonyl (C=O) groups excluding carboxylic acids is 1. The van der Waals surface area contributed by atoms with E-state index < -0.39 is 11.5 Å². The first-order valence-electron chi connectivity index (χ1n) is 8.27. The van der Waals surface area contributed by atoms with Crippen LogP contribution in [0, 0.1) is 10.1 Å². The van der Waals surface area contributed by atoms with Crippen molar-refractivity contribution in [1.29, 1.82) is 0 Å². The molecule has 1 heterocycles. The number of carbonyl (C=O) groups is 1. The van der Waals surface area contributed by atoms with E-state index in [2.05, 4.69) is 4.74 Å². The van der Waals surface area contributed by atoms with Gasteiger partial charge in [0.25, 0.3) is 11.6 Å². The molecule has 7 nitrogen and oxygen atoms in total. The summed E-state index contributed by atoms with van der Waals surface area (Å²) in [6, 6.07) is 12.0. The third-order valence-electron chi connectivity index (χ3n) is 4.30. The fourth-order valence-corrected chi connectivity index (χ4v) is 2.94. The molecule has 0 saturated carbocycles. The lowest BCUT2D eigenvalue weighted by atomic mass is 10.1. The first kappa shape index (κ1) is 18.6. The standard InChI is InChI=1S/C18H17F2N3O4/c19-18(20)27-16-3-1-2-13(12-16)17(24)22-10-8-21(9-11-22)14-4-6-15(7-5-14)23(25)26/h1-7,12,18H,8-11H2. The van der Waals surface area contributed by atoms with Gasteiger partial charge < -0.3 is 14.5 Å². The topological polar surface area (TPSA) is 75.9 Å². The van der Waals surface area contributed by atoms with Gasteiger partial charge in [0, 0.05) is 49.6 Å². The van der Waals surface area contributed by atoms with E-state index in [1.54, 1.807) is 23.1 Å². The van der Waals surface area contributed by atoms with Crippen LogP contribution >= 0.6 is 0 Å². The molecule has 0 unspecified atom stereocenters. The summed E-state index contributed by atoms with van der Waals surface area (Å²) < 4.78 is 29.0. The minimum atomic E-state index is -2.94. The molecule has 0 atom stereocenters. The predicted molar refractivity (Wildman–Crippen MR) is 94.3 cm³/mol. The van der Waals surface area contributed by atoms with E-state index >= 15 is 0 Å². The molecule has 1 aliphatic heterocycles. The minimum Gasteiger partial charge on any atom is -0.435 e. The largest absolute Gasteiger partial charge is 0.435 e. The zero-order valence-corrected chi connectivity index (χ0v) is 14.3. The zero-order valence-electron chi connectivity index (χ0n) is 14.3. The highest BCUT2D eigenvalue weighted by atomic mass is 19.3. The third kappa shape index (κ3) is 4.49. The summed E-state index contributed by atoms with van der Waals surface area (Å²) in [7, 11) is 0. The van der Waals surface area contributed by atoms with Crippen molar-refractivity contribution in [1.82, 2.24) is 4.90 Å². The van der Waals surface area contributed by atoms with E-state index in [9.17, 15) is 23.7 Å². The monoisotopic (exact) mass is 377 g/mol. The molecule has 1 amide bonds. The fraction of sp³-hybridized carbons (Fsp3) is 0.278. The van der Waals surface area contributed by atoms with Crippen molar-refractivity contribution in [2.24, 2.45) is 0 Å². The van der Waals surface area contributed by atoms with Crippen LogP contribution in [0.25, 0.3) is 0 Å². The lowest BCUT2D eigenvalue weighted by molar-refractivity contribution is -0.384. The number of non-ortho nitro benzene ring substituents is 1. The second-order valence-electron chi connectivity index (χ2n) is 5.96. The van der Waals surface area contributed by atoms with Gasteiger partial charge in [0.2, 0.25) is 0 Å². The van der Waals surface area contributed by atoms with Gasteiger partial charge in [-0.15, -0.1) is 0 Å². The van der Waals surface area contributed by atoms with Crippen LogP contribution in [0.5, 0.6) is 5.75 Å². The number of nitrogens with zero attached hydrogens (tertiary/aromatic N) is 3. The quantitative estimate of drug-likeness (QED) is 0.591. The molecular formula is C18H17F2N3O4. The third-order valence-corrected chi connectivity index (χ3v) is 4.30. The Morgan fingerprint density at radius 3 is 2.33 bits per heavy atom. The summed E-state index contributed by atoms with van der Waals surface area (Å²) in [5.41, 5.74) is 1.16. The van der Waals surface area contributed by atoms with Crippen molar-refractivity contribution < 1.29 is 23.2 Å². The van der Waals surface area contributed by atoms with Gasteiger partial charge in [0.15, 0.2) is 0 Å². The normalized spacial score (nSPS) is 14.3. The average molecular weight is 377 g/mol. The lowest BCUT2D eigenvalue weighted by Crippen LogP contribution is -2.48. The molecule has 0 spiro atoms. The van der Waals surface area contributed by atoms with E-state index in [0.29, 0.717) is 26.2 Å². The van der Waals surface area contributed by atoms with Crippen LogP contribution in [-0.4, -0.2) is 48.5 Å². The number of rotatable bonds is 5. The Morgan fingerprint density at radius 2 is 1.74 bits per heavy atom. The molecule has 9 heteroatoms. The Labute approximate surface area is 153 Å². The van der Waals surface area contributed by atoms with Crippen LogP contribution in [0.15, 0.2) is 48.5 Å². The van der Waals surface area contributed by atoms with Gasteiger partial charge in [0.1, 0.15) is 5.75 Å². The first-order valence-corrected chi connectivity index (χ1v) is 8.27. The van der Waals surface area contributed by atoms with Gasteiger partial charge in [-0.25, -0.2) is 0 Å². The molecule has 0 N–H and O–H groups in total. The molecule has 2 aromatic rings. The number of piperazine rings is 1. The van der Waals surface area contributed by atoms with Crippen LogP contribution in [0.4, 0.5) is 20.2 Å². The highest BCUT2D eigenvalue weighted by Crippen LogP contribution is 2.22. The van der Waals surface area contributed by atoms with Gasteiger partial charge in [-0.05, 0) is 30.3 Å². The van der Waals surface area contributed by atoms with Crippen LogP contribution in [0.3, 0.4) is 0 Å². The van der Waals surface area contributed by atoms with E-state index in [-0.39, 0.29) is 22.9 Å². The maximum absolute atomic E-state index is 12.6. The van der Waals surface area contributed by atoms with Gasteiger partial charge in [-0.3, -0.25) is 14.9 Å². The summed E-state index contributed by atoms with van der Waals surface area (Å²) in [6.07, 6.45) is 0. The van der Waals surface area contributed by atoms with E-state index in [4.69, 9.17) is 0 Å². The second kappa shape index (κ2) is 7.98. The number of hydrogen-bond acceptors (Lipinski definition) is 5. The molecule has 0 bridgehead atoms. The number of hydrogen-bond donors (Lipinski definition) is 0. The molecule has 2 aromatic carbocycles. The number of nitro groups is 1. The highest BCUT2D eigenvalue weighted by Gasteiger charge is 2.23. The number of alkyl halides is 2. The SMILES string of the molecule is O=C(c1cccc(OC(F)F)c1)N1CCN(c2ccc([N+](=O)[O-])cc2)CC1. The maximum atomic E-state index is 12.6. The number of amides is 1. The average Bonchev–Trinajstić information content (AvgIpc) is 2.67. The number of halogens is 2. The lowest BCUT2D eigenvalue weighted by Gasteiger charge is -2.36. The molecule has 0 radical (unpaired) electrons. The Bertz CT molecular complexity index is 822. The minimum absolute atomic E-state index is 0.0264. The fourth-order valence-electron chi connectivity index (χ4n) is 2.94. The van der Waals surface area contributed by atoms with Crippen molar-refractivity contribution in [2.45, 2.75) is 6.61 Å². The number of anilines is 1. The van der Waals surface area contributed by atoms with Gasteiger partial charge in [-0.1, -0.05) is 6.07 Å². The number of ether oxygens (including phenoxy) is 1. The Morgan fingerprint density at radius 1 is 1.07 bits per heavy atom. The van der Waals surface area contributed by atoms with Crippen molar-refractivity contribution in [3.05, 3.63) is 64.2 Å². The summed E-state index contributed by atoms with van der Waals surface area (Å²) >= 11 is 0. The van der Waals surface area contributed by atoms with E-state index in [1.165, 1.54) is 30.3 Å². The first-order chi connectivity index (χ1) is 12.9. The van der Waals surface area contributed by atoms with E-state index in [1.807, 2.05) is 4.90 Å². The molecule has 142 valence electrons. The summed E-state index contributed by atoms with van der Waals surface area (Å²) in [5, 5.41) is 10.7. The molecule has 0 aromatic heterocycles. The Kier molecular flexibility index (Phi) is 5.49. The smallest absolute Gasteiger partial charge is 0.387 e. The molecule has 1 aliphatic rings. The van der Waals surface area contributed by atoms with Crippen LogP contribution in [0.1, 0.15) is 10.4 Å². The van der Waals surface area contributed by atoms with E-state index in [0.717, 1.165) is 5.69 Å². The predicted octanol–water partition coefficient (Wildman–Crippen LogP) is 3.16. The van der Waals surface area contributed by atoms with Crippen LogP contribution in [-0.2, 0) is 0 Å². The Balaban J connectivity index is 1.61. The molecule has 3 rings (SSSR count). The zero-order chi connectivity index (χ0) is 19.4. The van der Waals surface area contributed by atoms with Crippen molar-refractivity contribution in [3.63, 3.8) is 0 Å². The number of nitro benzene ring substituents is 1. The van der Waals surface area contributed by atoms with Crippen molar-refractivity contribution in [3.8, 4) is 5.75 Å². The van der Waals surface area contributed by atoms with Gasteiger partial charge in [0.05, 0.1) is 4.92 Å². The number of benzene rings is 2. The van der Waals surface area contributed by atoms with Crippen molar-refractivity contribution >= 4 is 17.3 Å². The Hall–Kier alpha value is -3.23. The summed E-state index contributed by atoms with van der Waals surface area (Å²) in [4.78, 5) is 26.5. The van der Waals surface area contributed by atoms with Gasteiger partial charge >= 0.3 is 6.61 Å². The van der Waals surface area contributed by atoms with Gasteiger partial charge in [-0.2, -0.15) is 8.78 Å². The second-order valence-corrected chi connectivity index (χ2v) is 5.96. The summed E-state index contributed by atoms with van der Waals surface area (Å²) in [6.45, 7) is -0.903. The summed E-state index contributed by atoms with van der Waals surface area (Å²) in [5.74, 6) is -0.307. The molecule has 1 saturated heterocycles. The highest BCUT2D eigenvalue weighted by molar-refractivity contribution is 5.94. The molecule has 27 heavy (non-hydrogen) atoms. The molecular weight excluding hydrogens is 360 g/mol. The maximum Gasteiger partial charge on any atom is 0.387 e. The molecule has 0 aliphatic carbocycles. The van der Waals surface area contributed by atoms with Crippen LogP contribution in [0.2, 0.25) is 0 Å².